The number of benzene rings is 1. The number of sulfonamides is 1. The average Bonchev–Trinajstić information content (AvgIpc) is 4.23. The van der Waals surface area contributed by atoms with Gasteiger partial charge in [-0.1, -0.05) is 106 Å². The van der Waals surface area contributed by atoms with Crippen molar-refractivity contribution >= 4 is 51.4 Å². The van der Waals surface area contributed by atoms with Crippen LogP contribution in [0.2, 0.25) is 0 Å². The highest BCUT2D eigenvalue weighted by atomic mass is 32.2. The van der Waals surface area contributed by atoms with Crippen molar-refractivity contribution in [2.45, 2.75) is 206 Å². The number of ketones is 1. The number of carbonyl (C=O) groups is 7. The van der Waals surface area contributed by atoms with E-state index in [4.69, 9.17) is 14.2 Å². The highest BCUT2D eigenvalue weighted by molar-refractivity contribution is 7.90. The number of methoxy groups -OCH3 is 2. The monoisotopic (exact) mass is 1140 g/mol. The summed E-state index contributed by atoms with van der Waals surface area (Å²) in [4.78, 5) is 104. The van der Waals surface area contributed by atoms with E-state index in [0.717, 1.165) is 19.3 Å². The Kier molecular flexibility index (Phi) is 25.3. The lowest BCUT2D eigenvalue weighted by Crippen LogP contribution is -2.56. The predicted octanol–water partition coefficient (Wildman–Crippen LogP) is 6.89. The van der Waals surface area contributed by atoms with Crippen molar-refractivity contribution in [3.63, 3.8) is 0 Å². The fraction of sp³-hybridized carbons (Fsp3) is 0.783. The first-order chi connectivity index (χ1) is 37.9. The summed E-state index contributed by atoms with van der Waals surface area (Å²) in [5.74, 6) is -2.43. The molecular weight excluding hydrogens is 1040 g/mol. The molecule has 1 aromatic carbocycles. The molecule has 2 aliphatic heterocycles. The largest absolute Gasteiger partial charge is 0.415 e. The van der Waals surface area contributed by atoms with E-state index in [0.29, 0.717) is 81.8 Å². The number of nitrogens with one attached hydrogen (secondary N) is 3. The number of carbonyl (C=O) groups excluding carboxylic acids is 7. The molecule has 452 valence electrons. The molecule has 5 rings (SSSR count). The summed E-state index contributed by atoms with van der Waals surface area (Å²) in [7, 11) is 4.27. The van der Waals surface area contributed by atoms with Gasteiger partial charge >= 0.3 is 6.09 Å². The van der Waals surface area contributed by atoms with Gasteiger partial charge in [0.25, 0.3) is 5.91 Å². The molecule has 6 amide bonds. The van der Waals surface area contributed by atoms with Crippen LogP contribution < -0.4 is 20.1 Å². The molecule has 2 aliphatic carbocycles. The molecule has 2 heterocycles. The highest BCUT2D eigenvalue weighted by Crippen LogP contribution is 2.43. The Bertz CT molecular complexity index is 2320. The van der Waals surface area contributed by atoms with Gasteiger partial charge in [-0.2, -0.15) is 0 Å². The number of hydrogen-bond donors (Lipinski definition) is 3. The Hall–Kier alpha value is -4.66. The van der Waals surface area contributed by atoms with E-state index in [1.54, 1.807) is 52.9 Å². The minimum absolute atomic E-state index is 0.0189. The zero-order valence-corrected chi connectivity index (χ0v) is 51.2. The van der Waals surface area contributed by atoms with Gasteiger partial charge in [0.15, 0.2) is 0 Å². The maximum absolute atomic E-state index is 14.4. The average molecular weight is 1140 g/mol. The maximum Gasteiger partial charge on any atom is 0.415 e. The number of rotatable bonds is 27. The van der Waals surface area contributed by atoms with Gasteiger partial charge in [0, 0.05) is 58.7 Å². The van der Waals surface area contributed by atoms with Gasteiger partial charge in [0.2, 0.25) is 33.7 Å². The van der Waals surface area contributed by atoms with E-state index < -0.39 is 75.5 Å². The van der Waals surface area contributed by atoms with E-state index in [2.05, 4.69) is 29.2 Å². The van der Waals surface area contributed by atoms with Gasteiger partial charge in [-0.3, -0.25) is 38.4 Å². The molecule has 4 fully saturated rings. The standard InChI is InChI=1S/C60H99N7O12S/c1-13-40(5)53(65(10)51(69)38-61-58(73)52(39(3)4)64(8)9)49(77-11)37-50(68)67-33-21-24-48(67)54(78-12)41(6)56(71)62-47(57(72)63-80(75,76)46-29-30-46)36-42-25-27-45(28-26-42)79-59(74)66-34-31-43(32-35-66)55(70)60(7,14-2)44-22-19-17-15-16-18-20-23-44/h25-28,39-41,43-44,46-49,52-54H,13-24,29-38H2,1-12H3,(H,61,73)(H,62,71)(H,63,72)/t40-,41+,47-,48-,49+,52-,53?,54+,60?/m0/s1. The van der Waals surface area contributed by atoms with Gasteiger partial charge < -0.3 is 39.5 Å². The van der Waals surface area contributed by atoms with Crippen molar-refractivity contribution in [2.75, 3.05) is 61.5 Å². The molecule has 80 heavy (non-hydrogen) atoms. The first-order valence-corrected chi connectivity index (χ1v) is 31.5. The fourth-order valence-corrected chi connectivity index (χ4v) is 14.2. The molecule has 0 bridgehead atoms. The number of ether oxygens (including phenoxy) is 3. The van der Waals surface area contributed by atoms with Crippen LogP contribution in [-0.4, -0.2) is 173 Å². The molecule has 4 aliphatic rings. The van der Waals surface area contributed by atoms with E-state index in [9.17, 15) is 42.0 Å². The lowest BCUT2D eigenvalue weighted by atomic mass is 9.64. The Balaban J connectivity index is 1.22. The lowest BCUT2D eigenvalue weighted by Gasteiger charge is -2.40. The molecule has 1 aromatic rings. The van der Waals surface area contributed by atoms with Gasteiger partial charge in [-0.15, -0.1) is 0 Å². The van der Waals surface area contributed by atoms with Crippen molar-refractivity contribution in [1.29, 1.82) is 0 Å². The summed E-state index contributed by atoms with van der Waals surface area (Å²) >= 11 is 0. The molecule has 2 saturated carbocycles. The van der Waals surface area contributed by atoms with E-state index in [1.807, 2.05) is 46.7 Å². The van der Waals surface area contributed by atoms with Crippen LogP contribution in [0.15, 0.2) is 24.3 Å². The normalized spacial score (nSPS) is 21.4. The smallest absolute Gasteiger partial charge is 0.410 e. The Labute approximate surface area is 478 Å². The number of amides is 6. The number of Topliss-reactive ketones (excluding diaryl/α,β-unsaturated/α-hetero) is 1. The van der Waals surface area contributed by atoms with Crippen LogP contribution >= 0.6 is 0 Å². The van der Waals surface area contributed by atoms with Crippen molar-refractivity contribution in [1.82, 2.24) is 35.0 Å². The Morgan fingerprint density at radius 1 is 0.762 bits per heavy atom. The molecule has 2 saturated heterocycles. The minimum Gasteiger partial charge on any atom is -0.410 e. The molecule has 0 radical (unpaired) electrons. The van der Waals surface area contributed by atoms with Crippen LogP contribution in [0.1, 0.15) is 163 Å². The number of likely N-dealkylation sites (tertiary alicyclic amines) is 2. The van der Waals surface area contributed by atoms with Gasteiger partial charge in [-0.05, 0) is 107 Å². The van der Waals surface area contributed by atoms with Crippen molar-refractivity contribution in [3.05, 3.63) is 29.8 Å². The zero-order valence-electron chi connectivity index (χ0n) is 50.4. The molecule has 20 heteroatoms. The van der Waals surface area contributed by atoms with Crippen LogP contribution in [0.25, 0.3) is 0 Å². The van der Waals surface area contributed by atoms with E-state index in [-0.39, 0.29) is 66.0 Å². The Morgan fingerprint density at radius 2 is 1.38 bits per heavy atom. The number of hydrogen-bond acceptors (Lipinski definition) is 13. The van der Waals surface area contributed by atoms with Crippen LogP contribution in [0.4, 0.5) is 4.79 Å². The molecule has 0 aromatic heterocycles. The molecule has 19 nitrogen and oxygen atoms in total. The van der Waals surface area contributed by atoms with Gasteiger partial charge in [0.1, 0.15) is 17.6 Å². The summed E-state index contributed by atoms with van der Waals surface area (Å²) < 4.78 is 46.1. The third-order valence-electron chi connectivity index (χ3n) is 18.3. The number of nitrogens with zero attached hydrogens (tertiary/aromatic N) is 4. The third-order valence-corrected chi connectivity index (χ3v) is 20.1. The maximum atomic E-state index is 14.4. The van der Waals surface area contributed by atoms with Crippen molar-refractivity contribution < 1.29 is 56.2 Å². The quantitative estimate of drug-likeness (QED) is 0.0816. The second-order valence-electron chi connectivity index (χ2n) is 24.3. The summed E-state index contributed by atoms with van der Waals surface area (Å²) in [5.41, 5.74) is 0.184. The van der Waals surface area contributed by atoms with Gasteiger partial charge in [-0.25, -0.2) is 13.2 Å². The predicted molar refractivity (Wildman–Crippen MR) is 308 cm³/mol. The summed E-state index contributed by atoms with van der Waals surface area (Å²) in [6, 6.07) is 3.67. The Morgan fingerprint density at radius 3 is 1.91 bits per heavy atom. The third kappa shape index (κ3) is 17.4. The van der Waals surface area contributed by atoms with E-state index in [1.165, 1.54) is 52.7 Å². The van der Waals surface area contributed by atoms with Crippen LogP contribution in [0.3, 0.4) is 0 Å². The lowest BCUT2D eigenvalue weighted by molar-refractivity contribution is -0.146. The minimum atomic E-state index is -3.99. The van der Waals surface area contributed by atoms with Gasteiger partial charge in [0.05, 0.1) is 54.5 Å². The summed E-state index contributed by atoms with van der Waals surface area (Å²) in [6.45, 7) is 14.8. The van der Waals surface area contributed by atoms with Crippen LogP contribution in [0.5, 0.6) is 5.75 Å². The molecule has 9 atom stereocenters. The fourth-order valence-electron chi connectivity index (χ4n) is 12.9. The zero-order chi connectivity index (χ0) is 59.1. The summed E-state index contributed by atoms with van der Waals surface area (Å²) in [6.07, 6.45) is 11.9. The topological polar surface area (TPSA) is 230 Å². The molecule has 2 unspecified atom stereocenters. The van der Waals surface area contributed by atoms with Crippen LogP contribution in [-0.2, 0) is 54.7 Å². The van der Waals surface area contributed by atoms with Crippen molar-refractivity contribution in [3.8, 4) is 5.75 Å². The molecular formula is C60H99N7O12S. The summed E-state index contributed by atoms with van der Waals surface area (Å²) in [5, 5.41) is 4.90. The highest BCUT2D eigenvalue weighted by Gasteiger charge is 2.45. The second kappa shape index (κ2) is 30.6. The van der Waals surface area contributed by atoms with E-state index >= 15 is 0 Å². The SMILES string of the molecule is CC[C@H](C)C([C@@H](CC(=O)N1CCC[C@H]1[C@H](OC)[C@@H](C)C(=O)N[C@@H](Cc1ccc(OC(=O)N2CCC(C(=O)C(C)(CC)C3CCCCCCCC3)CC2)cc1)C(=O)NS(=O)(=O)C1CC1)OC)N(C)C(=O)CNC(=O)[C@H](C(C)C)N(C)C. The van der Waals surface area contributed by atoms with Crippen LogP contribution in [0, 0.1) is 35.0 Å². The van der Waals surface area contributed by atoms with Crippen molar-refractivity contribution in [2.24, 2.45) is 35.0 Å². The molecule has 0 spiro atoms. The number of likely N-dealkylation sites (N-methyl/N-ethyl adjacent to an activating group) is 2. The second-order valence-corrected chi connectivity index (χ2v) is 26.3. The number of piperidine rings is 1. The first-order valence-electron chi connectivity index (χ1n) is 29.9. The first kappa shape index (κ1) is 66.1. The molecule has 3 N–H and O–H groups in total.